The second kappa shape index (κ2) is 9.23. The van der Waals surface area contributed by atoms with Crippen LogP contribution in [0, 0.1) is 15.2 Å². The van der Waals surface area contributed by atoms with E-state index >= 15 is 0 Å². The molecule has 0 radical (unpaired) electrons. The average molecular weight is 602 g/mol. The summed E-state index contributed by atoms with van der Waals surface area (Å²) in [6.07, 6.45) is 0. The highest BCUT2D eigenvalue weighted by atomic mass is 127. The Kier molecular flexibility index (Phi) is 6.51. The molecule has 0 saturated carbocycles. The topological polar surface area (TPSA) is 137 Å². The first-order valence-electron chi connectivity index (χ1n) is 9.63. The van der Waals surface area contributed by atoms with Gasteiger partial charge < -0.3 is 20.5 Å². The molecule has 1 amide bonds. The molecule has 0 aromatic heterocycles. The average Bonchev–Trinajstić information content (AvgIpc) is 2.74. The number of ether oxygens (including phenoxy) is 2. The van der Waals surface area contributed by atoms with Crippen LogP contribution in [0.15, 0.2) is 48.5 Å². The van der Waals surface area contributed by atoms with Crippen molar-refractivity contribution in [2.24, 2.45) is 10.9 Å². The number of fused-ring (bicyclic) bond motifs is 1. The second-order valence-corrected chi connectivity index (χ2v) is 9.85. The van der Waals surface area contributed by atoms with Gasteiger partial charge >= 0.3 is 0 Å². The SMILES string of the molecule is NC(=O)c1c(Nc2ccc(I)cc2F)cc(F)cc1Oc1ccc2c(c1)N(S(N)(=O)=O)CCO2. The van der Waals surface area contributed by atoms with E-state index < -0.39 is 27.8 Å². The summed E-state index contributed by atoms with van der Waals surface area (Å²) in [5.74, 6) is -2.33. The van der Waals surface area contributed by atoms with Crippen LogP contribution < -0.4 is 30.0 Å². The monoisotopic (exact) mass is 602 g/mol. The highest BCUT2D eigenvalue weighted by molar-refractivity contribution is 14.1. The molecule has 1 aliphatic heterocycles. The van der Waals surface area contributed by atoms with Crippen molar-refractivity contribution in [1.82, 2.24) is 0 Å². The van der Waals surface area contributed by atoms with Crippen molar-refractivity contribution in [2.75, 3.05) is 22.8 Å². The molecule has 4 rings (SSSR count). The normalized spacial score (nSPS) is 13.1. The first-order chi connectivity index (χ1) is 16.0. The Morgan fingerprint density at radius 3 is 2.56 bits per heavy atom. The van der Waals surface area contributed by atoms with Gasteiger partial charge in [0.1, 0.15) is 41.1 Å². The molecule has 0 spiro atoms. The number of nitrogens with zero attached hydrogens (tertiary/aromatic N) is 1. The minimum absolute atomic E-state index is 0.00538. The van der Waals surface area contributed by atoms with Crippen LogP contribution in [0.5, 0.6) is 17.2 Å². The Labute approximate surface area is 207 Å². The minimum Gasteiger partial charge on any atom is -0.489 e. The number of carbonyl (C=O) groups excluding carboxylic acids is 1. The van der Waals surface area contributed by atoms with Crippen molar-refractivity contribution in [3.63, 3.8) is 0 Å². The van der Waals surface area contributed by atoms with Crippen LogP contribution in [0.4, 0.5) is 25.8 Å². The van der Waals surface area contributed by atoms with Crippen molar-refractivity contribution in [3.8, 4) is 17.2 Å². The molecule has 0 saturated heterocycles. The van der Waals surface area contributed by atoms with Crippen molar-refractivity contribution in [2.45, 2.75) is 0 Å². The Morgan fingerprint density at radius 1 is 1.12 bits per heavy atom. The van der Waals surface area contributed by atoms with Crippen LogP contribution in [0.2, 0.25) is 0 Å². The molecule has 5 N–H and O–H groups in total. The van der Waals surface area contributed by atoms with E-state index in [0.717, 1.165) is 16.4 Å². The Balaban J connectivity index is 1.75. The van der Waals surface area contributed by atoms with Crippen molar-refractivity contribution in [1.29, 1.82) is 0 Å². The van der Waals surface area contributed by atoms with E-state index in [2.05, 4.69) is 5.32 Å². The lowest BCUT2D eigenvalue weighted by Crippen LogP contribution is -2.41. The first-order valence-corrected chi connectivity index (χ1v) is 12.2. The predicted molar refractivity (Wildman–Crippen MR) is 130 cm³/mol. The van der Waals surface area contributed by atoms with Gasteiger partial charge in [0.25, 0.3) is 16.1 Å². The fourth-order valence-corrected chi connectivity index (χ4v) is 4.58. The first kappa shape index (κ1) is 24.0. The number of nitrogens with one attached hydrogen (secondary N) is 1. The van der Waals surface area contributed by atoms with Crippen molar-refractivity contribution in [3.05, 3.63) is 69.3 Å². The third-order valence-electron chi connectivity index (χ3n) is 4.80. The summed E-state index contributed by atoms with van der Waals surface area (Å²) >= 11 is 1.93. The number of rotatable bonds is 6. The highest BCUT2D eigenvalue weighted by Gasteiger charge is 2.27. The van der Waals surface area contributed by atoms with Gasteiger partial charge in [0.05, 0.1) is 23.6 Å². The molecule has 0 fully saturated rings. The lowest BCUT2D eigenvalue weighted by Gasteiger charge is -2.29. The van der Waals surface area contributed by atoms with Crippen molar-refractivity contribution >= 4 is 55.8 Å². The number of benzene rings is 3. The van der Waals surface area contributed by atoms with Gasteiger partial charge in [0.15, 0.2) is 0 Å². The van der Waals surface area contributed by atoms with Gasteiger partial charge in [0.2, 0.25) is 0 Å². The summed E-state index contributed by atoms with van der Waals surface area (Å²) in [7, 11) is -4.09. The van der Waals surface area contributed by atoms with Gasteiger partial charge in [-0.1, -0.05) is 0 Å². The Morgan fingerprint density at radius 2 is 1.88 bits per heavy atom. The molecule has 0 bridgehead atoms. The molecule has 0 aliphatic carbocycles. The number of hydrogen-bond acceptors (Lipinski definition) is 6. The zero-order valence-corrected chi connectivity index (χ0v) is 20.2. The molecule has 0 atom stereocenters. The summed E-state index contributed by atoms with van der Waals surface area (Å²) in [6.45, 7) is 0.0842. The highest BCUT2D eigenvalue weighted by Crippen LogP contribution is 2.39. The van der Waals surface area contributed by atoms with Gasteiger partial charge in [-0.05, 0) is 59.0 Å². The van der Waals surface area contributed by atoms with E-state index in [1.165, 1.54) is 30.3 Å². The molecule has 1 heterocycles. The second-order valence-electron chi connectivity index (χ2n) is 7.14. The van der Waals surface area contributed by atoms with E-state index in [1.54, 1.807) is 6.07 Å². The summed E-state index contributed by atoms with van der Waals surface area (Å²) in [5, 5.41) is 7.95. The maximum Gasteiger partial charge on any atom is 0.299 e. The van der Waals surface area contributed by atoms with Crippen LogP contribution in [-0.2, 0) is 10.2 Å². The number of anilines is 3. The fourth-order valence-electron chi connectivity index (χ4n) is 3.38. The van der Waals surface area contributed by atoms with E-state index in [4.69, 9.17) is 20.3 Å². The number of halogens is 3. The smallest absolute Gasteiger partial charge is 0.299 e. The predicted octanol–water partition coefficient (Wildman–Crippen LogP) is 3.61. The largest absolute Gasteiger partial charge is 0.489 e. The number of carbonyl (C=O) groups is 1. The van der Waals surface area contributed by atoms with Gasteiger partial charge in [-0.15, -0.1) is 0 Å². The summed E-state index contributed by atoms with van der Waals surface area (Å²) in [5.41, 5.74) is 5.28. The third kappa shape index (κ3) is 5.00. The number of nitrogens with two attached hydrogens (primary N) is 2. The summed E-state index contributed by atoms with van der Waals surface area (Å²) < 4.78 is 65.4. The number of amides is 1. The van der Waals surface area contributed by atoms with Crippen molar-refractivity contribution < 1.29 is 31.5 Å². The standard InChI is InChI=1S/C21H17F2IN4O5S/c22-11-7-16(27-15-3-1-12(24)9-14(15)23)20(21(25)29)19(8-11)33-13-2-4-18-17(10-13)28(5-6-32-18)34(26,30)31/h1-4,7-10,27H,5-6H2,(H2,25,29)(H2,26,30,31). The summed E-state index contributed by atoms with van der Waals surface area (Å²) in [4.78, 5) is 12.3. The molecule has 0 unspecified atom stereocenters. The zero-order valence-electron chi connectivity index (χ0n) is 17.2. The fraction of sp³-hybridized carbons (Fsp3) is 0.0952. The van der Waals surface area contributed by atoms with Gasteiger partial charge in [-0.25, -0.2) is 13.9 Å². The summed E-state index contributed by atoms with van der Waals surface area (Å²) in [6, 6.07) is 10.4. The van der Waals surface area contributed by atoms with E-state index in [9.17, 15) is 22.0 Å². The van der Waals surface area contributed by atoms with E-state index in [0.29, 0.717) is 3.57 Å². The van der Waals surface area contributed by atoms with Crippen LogP contribution in [-0.4, -0.2) is 27.5 Å². The van der Waals surface area contributed by atoms with Gasteiger partial charge in [-0.3, -0.25) is 9.10 Å². The van der Waals surface area contributed by atoms with Crippen LogP contribution in [0.1, 0.15) is 10.4 Å². The number of primary amides is 1. The quantitative estimate of drug-likeness (QED) is 0.369. The van der Waals surface area contributed by atoms with Gasteiger partial charge in [0, 0.05) is 15.7 Å². The van der Waals surface area contributed by atoms with E-state index in [1.807, 2.05) is 22.6 Å². The van der Waals surface area contributed by atoms with Crippen LogP contribution in [0.25, 0.3) is 0 Å². The Hall–Kier alpha value is -3.17. The maximum absolute atomic E-state index is 14.4. The maximum atomic E-state index is 14.4. The molecule has 3 aromatic carbocycles. The van der Waals surface area contributed by atoms with Gasteiger partial charge in [-0.2, -0.15) is 8.42 Å². The lowest BCUT2D eigenvalue weighted by atomic mass is 10.1. The van der Waals surface area contributed by atoms with Crippen LogP contribution in [0.3, 0.4) is 0 Å². The molecule has 3 aromatic rings. The molecule has 1 aliphatic rings. The lowest BCUT2D eigenvalue weighted by molar-refractivity contribution is 0.0999. The molecular weight excluding hydrogens is 585 g/mol. The molecule has 9 nitrogen and oxygen atoms in total. The minimum atomic E-state index is -4.09. The molecule has 178 valence electrons. The third-order valence-corrected chi connectivity index (χ3v) is 6.46. The zero-order chi connectivity index (χ0) is 24.6. The Bertz CT molecular complexity index is 1400. The van der Waals surface area contributed by atoms with Crippen LogP contribution >= 0.6 is 22.6 Å². The number of hydrogen-bond donors (Lipinski definition) is 3. The molecule has 13 heteroatoms. The molecular formula is C21H17F2IN4O5S. The van der Waals surface area contributed by atoms with E-state index in [-0.39, 0.29) is 53.0 Å². The molecule has 34 heavy (non-hydrogen) atoms.